The Bertz CT molecular complexity index is 666. The van der Waals surface area contributed by atoms with Crippen molar-refractivity contribution in [1.29, 1.82) is 0 Å². The van der Waals surface area contributed by atoms with Crippen LogP contribution in [-0.4, -0.2) is 5.91 Å². The Kier molecular flexibility index (Phi) is 4.04. The van der Waals surface area contributed by atoms with Crippen LogP contribution in [0, 0.1) is 5.92 Å². The van der Waals surface area contributed by atoms with Crippen LogP contribution >= 0.6 is 23.2 Å². The summed E-state index contributed by atoms with van der Waals surface area (Å²) in [6.07, 6.45) is 2.00. The lowest BCUT2D eigenvalue weighted by atomic mass is 10.2. The number of hydrogen-bond acceptors (Lipinski definition) is 2. The van der Waals surface area contributed by atoms with E-state index in [0.717, 1.165) is 29.9 Å². The lowest BCUT2D eigenvalue weighted by molar-refractivity contribution is -0.117. The van der Waals surface area contributed by atoms with Crippen molar-refractivity contribution in [2.24, 2.45) is 5.92 Å². The van der Waals surface area contributed by atoms with Gasteiger partial charge in [0.05, 0.1) is 10.7 Å². The minimum atomic E-state index is 0.108. The molecule has 1 aliphatic rings. The second-order valence-electron chi connectivity index (χ2n) is 5.09. The van der Waals surface area contributed by atoms with Crippen LogP contribution in [0.3, 0.4) is 0 Å². The highest BCUT2D eigenvalue weighted by Gasteiger charge is 2.29. The Hall–Kier alpha value is -1.71. The van der Waals surface area contributed by atoms with Gasteiger partial charge in [0.2, 0.25) is 5.91 Å². The van der Waals surface area contributed by atoms with E-state index >= 15 is 0 Å². The minimum absolute atomic E-state index is 0.108. The molecule has 0 atom stereocenters. The maximum absolute atomic E-state index is 11.7. The molecule has 0 saturated heterocycles. The van der Waals surface area contributed by atoms with Crippen LogP contribution in [-0.2, 0) is 4.79 Å². The van der Waals surface area contributed by atoms with Gasteiger partial charge in [-0.15, -0.1) is 0 Å². The van der Waals surface area contributed by atoms with Gasteiger partial charge in [0.1, 0.15) is 0 Å². The number of hydrogen-bond donors (Lipinski definition) is 2. The van der Waals surface area contributed by atoms with Crippen molar-refractivity contribution >= 4 is 46.2 Å². The fourth-order valence-corrected chi connectivity index (χ4v) is 2.43. The Morgan fingerprint density at radius 3 is 2.29 bits per heavy atom. The third-order valence-electron chi connectivity index (χ3n) is 3.31. The van der Waals surface area contributed by atoms with Crippen molar-refractivity contribution in [2.45, 2.75) is 12.8 Å². The molecule has 2 aromatic carbocycles. The maximum atomic E-state index is 11.7. The Balaban J connectivity index is 1.67. The van der Waals surface area contributed by atoms with Crippen molar-refractivity contribution < 1.29 is 4.79 Å². The van der Waals surface area contributed by atoms with Crippen molar-refractivity contribution in [3.63, 3.8) is 0 Å². The smallest absolute Gasteiger partial charge is 0.227 e. The topological polar surface area (TPSA) is 41.1 Å². The summed E-state index contributed by atoms with van der Waals surface area (Å²) in [4.78, 5) is 11.7. The summed E-state index contributed by atoms with van der Waals surface area (Å²) in [7, 11) is 0. The van der Waals surface area contributed by atoms with Crippen LogP contribution in [0.2, 0.25) is 10.0 Å². The van der Waals surface area contributed by atoms with Crippen LogP contribution in [0.25, 0.3) is 0 Å². The van der Waals surface area contributed by atoms with Gasteiger partial charge in [0.25, 0.3) is 0 Å². The summed E-state index contributed by atoms with van der Waals surface area (Å²) in [5.41, 5.74) is 2.49. The van der Waals surface area contributed by atoms with Gasteiger partial charge in [0, 0.05) is 22.3 Å². The molecule has 0 spiro atoms. The summed E-state index contributed by atoms with van der Waals surface area (Å²) in [6, 6.07) is 12.8. The zero-order chi connectivity index (χ0) is 14.8. The first-order valence-corrected chi connectivity index (χ1v) is 7.50. The highest BCUT2D eigenvalue weighted by Crippen LogP contribution is 2.31. The van der Waals surface area contributed by atoms with Gasteiger partial charge in [-0.2, -0.15) is 0 Å². The van der Waals surface area contributed by atoms with Crippen LogP contribution < -0.4 is 10.6 Å². The molecule has 0 heterocycles. The Morgan fingerprint density at radius 1 is 1.00 bits per heavy atom. The highest BCUT2D eigenvalue weighted by molar-refractivity contribution is 6.36. The molecule has 3 nitrogen and oxygen atoms in total. The van der Waals surface area contributed by atoms with E-state index in [1.807, 2.05) is 30.3 Å². The van der Waals surface area contributed by atoms with E-state index in [4.69, 9.17) is 23.2 Å². The normalized spacial score (nSPS) is 13.8. The number of amides is 1. The third kappa shape index (κ3) is 3.69. The summed E-state index contributed by atoms with van der Waals surface area (Å²) in [5, 5.41) is 7.28. The largest absolute Gasteiger partial charge is 0.354 e. The number of anilines is 3. The predicted octanol–water partition coefficient (Wildman–Crippen LogP) is 5.09. The molecule has 108 valence electrons. The van der Waals surface area contributed by atoms with Crippen molar-refractivity contribution in [3.05, 3.63) is 52.5 Å². The standard InChI is InChI=1S/C16H14Cl2N2O/c17-11-3-8-15(14(18)9-11)19-12-4-6-13(7-5-12)20-16(21)10-1-2-10/h3-10,19H,1-2H2,(H,20,21). The molecule has 3 rings (SSSR count). The molecule has 0 bridgehead atoms. The number of rotatable bonds is 4. The molecule has 5 heteroatoms. The van der Waals surface area contributed by atoms with Gasteiger partial charge < -0.3 is 10.6 Å². The molecule has 1 amide bonds. The average molecular weight is 321 g/mol. The molecule has 1 saturated carbocycles. The van der Waals surface area contributed by atoms with Gasteiger partial charge in [-0.05, 0) is 55.3 Å². The minimum Gasteiger partial charge on any atom is -0.354 e. The molecule has 0 aliphatic heterocycles. The number of carbonyl (C=O) groups excluding carboxylic acids is 1. The Labute approximate surface area is 133 Å². The third-order valence-corrected chi connectivity index (χ3v) is 3.86. The zero-order valence-electron chi connectivity index (χ0n) is 11.2. The van der Waals surface area contributed by atoms with Crippen LogP contribution in [0.5, 0.6) is 0 Å². The molecular weight excluding hydrogens is 307 g/mol. The van der Waals surface area contributed by atoms with E-state index in [-0.39, 0.29) is 11.8 Å². The van der Waals surface area contributed by atoms with Gasteiger partial charge in [-0.25, -0.2) is 0 Å². The van der Waals surface area contributed by atoms with Crippen LogP contribution in [0.15, 0.2) is 42.5 Å². The summed E-state index contributed by atoms with van der Waals surface area (Å²) >= 11 is 12.0. The number of benzene rings is 2. The fraction of sp³-hybridized carbons (Fsp3) is 0.188. The zero-order valence-corrected chi connectivity index (χ0v) is 12.7. The number of nitrogens with one attached hydrogen (secondary N) is 2. The molecule has 1 aliphatic carbocycles. The maximum Gasteiger partial charge on any atom is 0.227 e. The molecule has 2 N–H and O–H groups in total. The van der Waals surface area contributed by atoms with Crippen LogP contribution in [0.1, 0.15) is 12.8 Å². The van der Waals surface area contributed by atoms with E-state index in [9.17, 15) is 4.79 Å². The molecule has 0 aromatic heterocycles. The number of halogens is 2. The summed E-state index contributed by atoms with van der Waals surface area (Å²) < 4.78 is 0. The summed E-state index contributed by atoms with van der Waals surface area (Å²) in [6.45, 7) is 0. The van der Waals surface area contributed by atoms with Gasteiger partial charge in [-0.3, -0.25) is 4.79 Å². The van der Waals surface area contributed by atoms with E-state index in [1.54, 1.807) is 12.1 Å². The molecule has 2 aromatic rings. The first-order chi connectivity index (χ1) is 10.1. The second-order valence-corrected chi connectivity index (χ2v) is 5.93. The molecule has 0 unspecified atom stereocenters. The SMILES string of the molecule is O=C(Nc1ccc(Nc2ccc(Cl)cc2Cl)cc1)C1CC1. The quantitative estimate of drug-likeness (QED) is 0.824. The summed E-state index contributed by atoms with van der Waals surface area (Å²) in [5.74, 6) is 0.312. The van der Waals surface area contributed by atoms with E-state index in [1.165, 1.54) is 0 Å². The van der Waals surface area contributed by atoms with Crippen molar-refractivity contribution in [3.8, 4) is 0 Å². The van der Waals surface area contributed by atoms with Crippen LogP contribution in [0.4, 0.5) is 17.1 Å². The van der Waals surface area contributed by atoms with E-state index in [2.05, 4.69) is 10.6 Å². The van der Waals surface area contributed by atoms with Gasteiger partial charge in [0.15, 0.2) is 0 Å². The first kappa shape index (κ1) is 14.2. The average Bonchev–Trinajstić information content (AvgIpc) is 3.28. The molecule has 21 heavy (non-hydrogen) atoms. The van der Waals surface area contributed by atoms with Crippen molar-refractivity contribution in [2.75, 3.05) is 10.6 Å². The Morgan fingerprint density at radius 2 is 1.67 bits per heavy atom. The molecule has 0 radical (unpaired) electrons. The van der Waals surface area contributed by atoms with Crippen molar-refractivity contribution in [1.82, 2.24) is 0 Å². The van der Waals surface area contributed by atoms with Gasteiger partial charge >= 0.3 is 0 Å². The second kappa shape index (κ2) is 5.96. The lowest BCUT2D eigenvalue weighted by Crippen LogP contribution is -2.13. The van der Waals surface area contributed by atoms with E-state index < -0.39 is 0 Å². The predicted molar refractivity (Wildman–Crippen MR) is 87.5 cm³/mol. The van der Waals surface area contributed by atoms with Gasteiger partial charge in [-0.1, -0.05) is 23.2 Å². The number of carbonyl (C=O) groups is 1. The van der Waals surface area contributed by atoms with E-state index in [0.29, 0.717) is 10.0 Å². The first-order valence-electron chi connectivity index (χ1n) is 6.75. The molecule has 1 fully saturated rings. The highest BCUT2D eigenvalue weighted by atomic mass is 35.5. The fourth-order valence-electron chi connectivity index (χ4n) is 1.97. The molecular formula is C16H14Cl2N2O. The monoisotopic (exact) mass is 320 g/mol. The lowest BCUT2D eigenvalue weighted by Gasteiger charge is -2.10.